The van der Waals surface area contributed by atoms with Crippen LogP contribution in [0.4, 0.5) is 4.39 Å². The molecule has 1 unspecified atom stereocenters. The summed E-state index contributed by atoms with van der Waals surface area (Å²) in [6.45, 7) is 3.67. The molecule has 0 radical (unpaired) electrons. The second-order valence-electron chi connectivity index (χ2n) is 5.70. The van der Waals surface area contributed by atoms with Crippen LogP contribution in [0.3, 0.4) is 0 Å². The van der Waals surface area contributed by atoms with E-state index in [-0.39, 0.29) is 30.2 Å². The highest BCUT2D eigenvalue weighted by Crippen LogP contribution is 2.20. The van der Waals surface area contributed by atoms with E-state index < -0.39 is 0 Å². The Hall–Kier alpha value is -1.13. The van der Waals surface area contributed by atoms with Crippen LogP contribution in [0.1, 0.15) is 31.7 Å². The highest BCUT2D eigenvalue weighted by molar-refractivity contribution is 5.85. The lowest BCUT2D eigenvalue weighted by molar-refractivity contribution is -0.132. The van der Waals surface area contributed by atoms with Crippen LogP contribution in [0, 0.1) is 11.7 Å². The van der Waals surface area contributed by atoms with Gasteiger partial charge in [-0.1, -0.05) is 12.1 Å². The first-order valence-corrected chi connectivity index (χ1v) is 7.34. The standard InChI is InChI=1S/C16H23FN2O.ClH/c1-12(18)14-8-10-19(11-9-14)16(20)7-4-13-2-5-15(17)6-3-13;/h2-3,5-6,12,14H,4,7-11,18H2,1H3;1H. The molecule has 1 aromatic carbocycles. The van der Waals surface area contributed by atoms with Gasteiger partial charge >= 0.3 is 0 Å². The number of nitrogens with two attached hydrogens (primary N) is 1. The zero-order chi connectivity index (χ0) is 14.5. The average molecular weight is 315 g/mol. The van der Waals surface area contributed by atoms with Gasteiger partial charge in [0.15, 0.2) is 0 Å². The minimum absolute atomic E-state index is 0. The summed E-state index contributed by atoms with van der Waals surface area (Å²) in [7, 11) is 0. The quantitative estimate of drug-likeness (QED) is 0.929. The summed E-state index contributed by atoms with van der Waals surface area (Å²) in [4.78, 5) is 14.1. The third kappa shape index (κ3) is 5.29. The number of carbonyl (C=O) groups excluding carboxylic acids is 1. The Morgan fingerprint density at radius 2 is 1.90 bits per heavy atom. The van der Waals surface area contributed by atoms with Crippen LogP contribution in [0.2, 0.25) is 0 Å². The summed E-state index contributed by atoms with van der Waals surface area (Å²) >= 11 is 0. The van der Waals surface area contributed by atoms with E-state index in [1.54, 1.807) is 12.1 Å². The smallest absolute Gasteiger partial charge is 0.222 e. The van der Waals surface area contributed by atoms with Gasteiger partial charge in [0.05, 0.1) is 0 Å². The first-order valence-electron chi connectivity index (χ1n) is 7.34. The number of halogens is 2. The molecule has 0 saturated carbocycles. The maximum Gasteiger partial charge on any atom is 0.222 e. The van der Waals surface area contributed by atoms with E-state index in [0.29, 0.717) is 18.8 Å². The maximum atomic E-state index is 12.8. The lowest BCUT2D eigenvalue weighted by Gasteiger charge is -2.33. The van der Waals surface area contributed by atoms with Gasteiger partial charge in [-0.25, -0.2) is 4.39 Å². The van der Waals surface area contributed by atoms with Crippen LogP contribution in [-0.2, 0) is 11.2 Å². The van der Waals surface area contributed by atoms with Gasteiger partial charge in [-0.05, 0) is 49.8 Å². The maximum absolute atomic E-state index is 12.8. The van der Waals surface area contributed by atoms with Crippen molar-refractivity contribution in [3.63, 3.8) is 0 Å². The molecule has 3 nitrogen and oxygen atoms in total. The lowest BCUT2D eigenvalue weighted by Crippen LogP contribution is -2.42. The van der Waals surface area contributed by atoms with Crippen molar-refractivity contribution in [2.45, 2.75) is 38.6 Å². The molecule has 0 aliphatic carbocycles. The van der Waals surface area contributed by atoms with Gasteiger partial charge in [0.25, 0.3) is 0 Å². The Bertz CT molecular complexity index is 442. The van der Waals surface area contributed by atoms with Crippen molar-refractivity contribution < 1.29 is 9.18 Å². The second kappa shape index (κ2) is 8.35. The predicted molar refractivity (Wildman–Crippen MR) is 84.9 cm³/mol. The minimum Gasteiger partial charge on any atom is -0.343 e. The Balaban J connectivity index is 0.00000220. The first-order chi connectivity index (χ1) is 9.56. The SMILES string of the molecule is CC(N)C1CCN(C(=O)CCc2ccc(F)cc2)CC1.Cl. The fourth-order valence-electron chi connectivity index (χ4n) is 2.74. The van der Waals surface area contributed by atoms with Gasteiger partial charge in [0.1, 0.15) is 5.82 Å². The van der Waals surface area contributed by atoms with Crippen LogP contribution in [-0.4, -0.2) is 29.9 Å². The molecule has 1 saturated heterocycles. The molecule has 0 spiro atoms. The Morgan fingerprint density at radius 1 is 1.33 bits per heavy atom. The molecule has 2 N–H and O–H groups in total. The van der Waals surface area contributed by atoms with Crippen molar-refractivity contribution >= 4 is 18.3 Å². The highest BCUT2D eigenvalue weighted by atomic mass is 35.5. The molecule has 5 heteroatoms. The number of benzene rings is 1. The molecule has 1 heterocycles. The van der Waals surface area contributed by atoms with E-state index in [1.807, 2.05) is 11.8 Å². The lowest BCUT2D eigenvalue weighted by atomic mass is 9.91. The van der Waals surface area contributed by atoms with Crippen molar-refractivity contribution in [1.29, 1.82) is 0 Å². The number of aryl methyl sites for hydroxylation is 1. The second-order valence-corrected chi connectivity index (χ2v) is 5.70. The van der Waals surface area contributed by atoms with Gasteiger partial charge in [0, 0.05) is 25.6 Å². The van der Waals surface area contributed by atoms with Crippen molar-refractivity contribution in [1.82, 2.24) is 4.90 Å². The molecular formula is C16H24ClFN2O. The van der Waals surface area contributed by atoms with Crippen molar-refractivity contribution in [2.75, 3.05) is 13.1 Å². The fraction of sp³-hybridized carbons (Fsp3) is 0.562. The van der Waals surface area contributed by atoms with Crippen LogP contribution in [0.15, 0.2) is 24.3 Å². The van der Waals surface area contributed by atoms with Crippen LogP contribution >= 0.6 is 12.4 Å². The monoisotopic (exact) mass is 314 g/mol. The van der Waals surface area contributed by atoms with Crippen LogP contribution < -0.4 is 5.73 Å². The van der Waals surface area contributed by atoms with E-state index in [1.165, 1.54) is 12.1 Å². The topological polar surface area (TPSA) is 46.3 Å². The minimum atomic E-state index is -0.238. The zero-order valence-electron chi connectivity index (χ0n) is 12.4. The number of likely N-dealkylation sites (tertiary alicyclic amines) is 1. The van der Waals surface area contributed by atoms with Gasteiger partial charge < -0.3 is 10.6 Å². The molecule has 118 valence electrons. The number of hydrogen-bond donors (Lipinski definition) is 1. The molecule has 2 rings (SSSR count). The van der Waals surface area contributed by atoms with Gasteiger partial charge in [-0.3, -0.25) is 4.79 Å². The van der Waals surface area contributed by atoms with Crippen molar-refractivity contribution in [3.05, 3.63) is 35.6 Å². The van der Waals surface area contributed by atoms with E-state index in [9.17, 15) is 9.18 Å². The van der Waals surface area contributed by atoms with Crippen LogP contribution in [0.5, 0.6) is 0 Å². The number of amides is 1. The molecule has 0 aromatic heterocycles. The molecule has 1 fully saturated rings. The number of carbonyl (C=O) groups is 1. The number of rotatable bonds is 4. The van der Waals surface area contributed by atoms with Crippen LogP contribution in [0.25, 0.3) is 0 Å². The molecule has 1 atom stereocenters. The highest BCUT2D eigenvalue weighted by Gasteiger charge is 2.24. The van der Waals surface area contributed by atoms with E-state index in [0.717, 1.165) is 31.5 Å². The number of hydrogen-bond acceptors (Lipinski definition) is 2. The normalized spacial score (nSPS) is 17.2. The molecule has 1 amide bonds. The zero-order valence-corrected chi connectivity index (χ0v) is 13.2. The van der Waals surface area contributed by atoms with E-state index >= 15 is 0 Å². The van der Waals surface area contributed by atoms with Crippen molar-refractivity contribution in [2.24, 2.45) is 11.7 Å². The number of nitrogens with zero attached hydrogens (tertiary/aromatic N) is 1. The first kappa shape index (κ1) is 17.9. The van der Waals surface area contributed by atoms with E-state index in [4.69, 9.17) is 5.73 Å². The summed E-state index contributed by atoms with van der Waals surface area (Å²) in [6.07, 6.45) is 3.17. The van der Waals surface area contributed by atoms with E-state index in [2.05, 4.69) is 0 Å². The molecule has 1 aromatic rings. The molecule has 21 heavy (non-hydrogen) atoms. The average Bonchev–Trinajstić information content (AvgIpc) is 2.46. The third-order valence-electron chi connectivity index (χ3n) is 4.18. The Morgan fingerprint density at radius 3 is 2.43 bits per heavy atom. The number of piperidine rings is 1. The van der Waals surface area contributed by atoms with Gasteiger partial charge in [-0.2, -0.15) is 0 Å². The molecule has 1 aliphatic heterocycles. The largest absolute Gasteiger partial charge is 0.343 e. The summed E-state index contributed by atoms with van der Waals surface area (Å²) < 4.78 is 12.8. The Labute approximate surface area is 132 Å². The summed E-state index contributed by atoms with van der Waals surface area (Å²) in [6, 6.07) is 6.57. The summed E-state index contributed by atoms with van der Waals surface area (Å²) in [5, 5.41) is 0. The van der Waals surface area contributed by atoms with Crippen molar-refractivity contribution in [3.8, 4) is 0 Å². The Kier molecular flexibility index (Phi) is 7.12. The fourth-order valence-corrected chi connectivity index (χ4v) is 2.74. The van der Waals surface area contributed by atoms with Gasteiger partial charge in [0.2, 0.25) is 5.91 Å². The molecule has 0 bridgehead atoms. The van der Waals surface area contributed by atoms with Gasteiger partial charge in [-0.15, -0.1) is 12.4 Å². The predicted octanol–water partition coefficient (Wildman–Crippen LogP) is 2.77. The summed E-state index contributed by atoms with van der Waals surface area (Å²) in [5.74, 6) is 0.492. The third-order valence-corrected chi connectivity index (χ3v) is 4.18. The molecular weight excluding hydrogens is 291 g/mol. The summed E-state index contributed by atoms with van der Waals surface area (Å²) in [5.41, 5.74) is 6.91. The molecule has 1 aliphatic rings.